The Morgan fingerprint density at radius 1 is 1.36 bits per heavy atom. The van der Waals surface area contributed by atoms with Crippen LogP contribution in [0, 0.1) is 0 Å². The highest BCUT2D eigenvalue weighted by molar-refractivity contribution is 7.80. The van der Waals surface area contributed by atoms with Gasteiger partial charge in [-0.15, -0.1) is 15.6 Å². The summed E-state index contributed by atoms with van der Waals surface area (Å²) >= 11 is 0.972. The fraction of sp³-hybridized carbons (Fsp3) is 0.517. The van der Waals surface area contributed by atoms with Crippen LogP contribution in [0.2, 0.25) is 0 Å². The van der Waals surface area contributed by atoms with E-state index in [1.165, 1.54) is 26.2 Å². The number of aliphatic imine (C=N–C) groups is 1. The van der Waals surface area contributed by atoms with E-state index in [0.717, 1.165) is 41.4 Å². The molecule has 0 saturated carbocycles. The molecule has 50 heavy (non-hydrogen) atoms. The van der Waals surface area contributed by atoms with Gasteiger partial charge < -0.3 is 42.1 Å². The predicted molar refractivity (Wildman–Crippen MR) is 182 cm³/mol. The second-order valence-corrected chi connectivity index (χ2v) is 14.5. The maximum atomic E-state index is 13.5. The first-order chi connectivity index (χ1) is 23.5. The Labute approximate surface area is 292 Å². The molecule has 0 bridgehead atoms. The summed E-state index contributed by atoms with van der Waals surface area (Å²) in [6, 6.07) is 4.39. The summed E-state index contributed by atoms with van der Waals surface area (Å²) in [5.74, 6) is -2.06. The molecule has 4 atom stereocenters. The van der Waals surface area contributed by atoms with Crippen LogP contribution in [0.15, 0.2) is 33.7 Å². The average molecular weight is 740 g/mol. The number of hydroxylamine groups is 2. The van der Waals surface area contributed by atoms with E-state index in [1.54, 1.807) is 6.07 Å². The number of oxime groups is 1. The number of rotatable bonds is 13. The van der Waals surface area contributed by atoms with Crippen LogP contribution >= 0.6 is 11.3 Å². The first kappa shape index (κ1) is 36.7. The number of carboxylic acid groups (broad SMARTS) is 1. The zero-order chi connectivity index (χ0) is 36.4. The Morgan fingerprint density at radius 2 is 2.12 bits per heavy atom. The number of nitrogens with one attached hydrogen (secondary N) is 3. The van der Waals surface area contributed by atoms with E-state index in [0.29, 0.717) is 36.9 Å². The number of aromatic nitrogens is 1. The molecule has 1 aromatic heterocycles. The number of carboxylic acids is 1. The monoisotopic (exact) mass is 739 g/mol. The first-order valence-electron chi connectivity index (χ1n) is 15.6. The van der Waals surface area contributed by atoms with Crippen LogP contribution in [0.5, 0.6) is 5.75 Å². The number of anilines is 1. The van der Waals surface area contributed by atoms with Crippen LogP contribution < -0.4 is 32.2 Å². The van der Waals surface area contributed by atoms with Gasteiger partial charge in [-0.05, 0) is 63.8 Å². The molecular weight excluding hydrogens is 699 g/mol. The molecule has 21 heteroatoms. The van der Waals surface area contributed by atoms with Crippen molar-refractivity contribution < 1.29 is 47.7 Å². The predicted octanol–water partition coefficient (Wildman–Crippen LogP) is -0.250. The second kappa shape index (κ2) is 14.3. The summed E-state index contributed by atoms with van der Waals surface area (Å²) in [5.41, 5.74) is 9.16. The molecule has 4 heterocycles. The first-order valence-corrected chi connectivity index (χ1v) is 17.8. The number of carbonyl (C=O) groups excluding carboxylic acids is 2. The Morgan fingerprint density at radius 3 is 2.72 bits per heavy atom. The Hall–Kier alpha value is -4.57. The quantitative estimate of drug-likeness (QED) is 0.0459. The van der Waals surface area contributed by atoms with Crippen LogP contribution in [0.3, 0.4) is 0 Å². The highest BCUT2D eigenvalue weighted by atomic mass is 32.3. The number of amides is 2. The molecule has 1 aromatic carbocycles. The highest BCUT2D eigenvalue weighted by Gasteiger charge is 2.58. The SMILES string of the molecule is CC1(C)[C@H](NC(=O)/C(=N\O[C@](C)(C(=O)O)[C@H]2CCc3cc(C4CN=C(NCCCN)NC4)ccc3O2)c2csc(N)n2)C(=O)N1OS(=O)(=O)O.[HH]. The van der Waals surface area contributed by atoms with Crippen molar-refractivity contribution in [3.8, 4) is 5.75 Å². The fourth-order valence-electron chi connectivity index (χ4n) is 5.64. The maximum absolute atomic E-state index is 13.5. The van der Waals surface area contributed by atoms with Gasteiger partial charge in [-0.3, -0.25) is 19.1 Å². The molecule has 0 radical (unpaired) electrons. The lowest BCUT2D eigenvalue weighted by atomic mass is 9.84. The molecule has 274 valence electrons. The minimum absolute atomic E-state index is 0. The molecular formula is C29H41N9O10S2. The molecule has 9 N–H and O–H groups in total. The lowest BCUT2D eigenvalue weighted by molar-refractivity contribution is -0.218. The molecule has 2 aromatic rings. The zero-order valence-electron chi connectivity index (χ0n) is 27.4. The molecule has 1 unspecified atom stereocenters. The molecule has 0 spiro atoms. The normalized spacial score (nSPS) is 22.9. The van der Waals surface area contributed by atoms with Crippen LogP contribution in [-0.4, -0.2) is 107 Å². The summed E-state index contributed by atoms with van der Waals surface area (Å²) in [6.07, 6.45) is 0.514. The Bertz CT molecular complexity index is 1820. The number of hydrogen-bond donors (Lipinski definition) is 7. The van der Waals surface area contributed by atoms with Crippen molar-refractivity contribution >= 4 is 56.3 Å². The average Bonchev–Trinajstić information content (AvgIpc) is 3.50. The Balaban J connectivity index is 0.00000583. The third-order valence-electron chi connectivity index (χ3n) is 8.63. The van der Waals surface area contributed by atoms with E-state index in [1.807, 2.05) is 12.1 Å². The van der Waals surface area contributed by atoms with Gasteiger partial charge >= 0.3 is 16.4 Å². The number of aryl methyl sites for hydroxylation is 1. The fourth-order valence-corrected chi connectivity index (χ4v) is 6.64. The third kappa shape index (κ3) is 7.75. The van der Waals surface area contributed by atoms with E-state index in [4.69, 9.17) is 25.6 Å². The van der Waals surface area contributed by atoms with Crippen LogP contribution in [0.1, 0.15) is 57.8 Å². The minimum Gasteiger partial charge on any atom is -0.485 e. The third-order valence-corrected chi connectivity index (χ3v) is 9.64. The van der Waals surface area contributed by atoms with Gasteiger partial charge in [-0.1, -0.05) is 17.3 Å². The molecule has 19 nitrogen and oxygen atoms in total. The maximum Gasteiger partial charge on any atom is 0.418 e. The van der Waals surface area contributed by atoms with Crippen molar-refractivity contribution in [3.63, 3.8) is 0 Å². The lowest BCUT2D eigenvalue weighted by Gasteiger charge is -2.50. The van der Waals surface area contributed by atoms with Crippen molar-refractivity contribution in [1.29, 1.82) is 0 Å². The number of carbonyl (C=O) groups is 3. The topological polar surface area (TPSA) is 282 Å². The standard InChI is InChI=1S/C29H39N9O10S2.H2/c1-28(2)22(24(40)38(28)48-50(43,44)45)36-23(39)21(18-14-49-26(31)35-18)37-47-29(3,25(41)42)20-8-6-16-11-15(5-7-19(16)46-20)17-12-33-27(34-13-17)32-10-4-9-30;/h5,7,11,14,17,20,22H,4,6,8-10,12-13,30H2,1-3H3,(H2,31,35)(H,36,39)(H,41,42)(H2,32,33,34)(H,43,44,45);1H/b37-21-;/t20-,22-,29+;/m1./s1. The van der Waals surface area contributed by atoms with Crippen molar-refractivity contribution in [2.75, 3.05) is 31.9 Å². The van der Waals surface area contributed by atoms with Gasteiger partial charge in [0, 0.05) is 25.8 Å². The van der Waals surface area contributed by atoms with Gasteiger partial charge in [0.05, 0.1) is 12.1 Å². The van der Waals surface area contributed by atoms with Gasteiger partial charge in [-0.25, -0.2) is 9.78 Å². The minimum atomic E-state index is -5.03. The van der Waals surface area contributed by atoms with Crippen molar-refractivity contribution in [2.24, 2.45) is 15.9 Å². The summed E-state index contributed by atoms with van der Waals surface area (Å²) < 4.78 is 41.8. The van der Waals surface area contributed by atoms with E-state index < -0.39 is 57.2 Å². The van der Waals surface area contributed by atoms with Crippen LogP contribution in [0.25, 0.3) is 0 Å². The number of benzene rings is 1. The Kier molecular flexibility index (Phi) is 10.5. The van der Waals surface area contributed by atoms with Crippen molar-refractivity contribution in [2.45, 2.75) is 69.2 Å². The number of fused-ring (bicyclic) bond motifs is 1. The van der Waals surface area contributed by atoms with Gasteiger partial charge in [0.15, 0.2) is 22.9 Å². The van der Waals surface area contributed by atoms with E-state index in [9.17, 15) is 27.9 Å². The zero-order valence-corrected chi connectivity index (χ0v) is 29.0. The number of β-lactam (4-membered cyclic amide) rings is 1. The van der Waals surface area contributed by atoms with Gasteiger partial charge in [0.25, 0.3) is 17.4 Å². The van der Waals surface area contributed by atoms with Crippen molar-refractivity contribution in [3.05, 3.63) is 40.4 Å². The molecule has 3 aliphatic heterocycles. The van der Waals surface area contributed by atoms with E-state index in [2.05, 4.69) is 35.4 Å². The number of ether oxygens (including phenoxy) is 1. The summed E-state index contributed by atoms with van der Waals surface area (Å²) in [5, 5.41) is 25.0. The number of guanidine groups is 1. The molecule has 3 aliphatic rings. The largest absolute Gasteiger partial charge is 0.485 e. The number of aliphatic carboxylic acids is 1. The number of nitrogens with zero attached hydrogens (tertiary/aromatic N) is 4. The van der Waals surface area contributed by atoms with E-state index >= 15 is 0 Å². The second-order valence-electron chi connectivity index (χ2n) is 12.6. The van der Waals surface area contributed by atoms with Gasteiger partial charge in [0.2, 0.25) is 0 Å². The van der Waals surface area contributed by atoms with Gasteiger partial charge in [-0.2, -0.15) is 13.5 Å². The summed E-state index contributed by atoms with van der Waals surface area (Å²) in [4.78, 5) is 53.0. The summed E-state index contributed by atoms with van der Waals surface area (Å²) in [7, 11) is -5.03. The summed E-state index contributed by atoms with van der Waals surface area (Å²) in [6.45, 7) is 6.62. The van der Waals surface area contributed by atoms with Crippen LogP contribution in [-0.2, 0) is 40.3 Å². The molecule has 5 rings (SSSR count). The van der Waals surface area contributed by atoms with Gasteiger partial charge in [0.1, 0.15) is 17.5 Å². The molecule has 1 fully saturated rings. The number of hydrogen-bond acceptors (Lipinski definition) is 16. The number of thiazole rings is 1. The number of nitrogen functional groups attached to an aromatic ring is 1. The molecule has 1 saturated heterocycles. The van der Waals surface area contributed by atoms with E-state index in [-0.39, 0.29) is 24.6 Å². The highest BCUT2D eigenvalue weighted by Crippen LogP contribution is 2.36. The smallest absolute Gasteiger partial charge is 0.418 e. The molecule has 0 aliphatic carbocycles. The molecule has 2 amide bonds. The van der Waals surface area contributed by atoms with Crippen molar-refractivity contribution in [1.82, 2.24) is 26.0 Å². The lowest BCUT2D eigenvalue weighted by Crippen LogP contribution is -2.76. The number of nitrogens with two attached hydrogens (primary N) is 2. The van der Waals surface area contributed by atoms with Crippen LogP contribution in [0.4, 0.5) is 5.13 Å².